The highest BCUT2D eigenvalue weighted by Crippen LogP contribution is 2.06. The number of hydrogen-bond donors (Lipinski definition) is 4. The summed E-state index contributed by atoms with van der Waals surface area (Å²) in [5.74, 6) is -1.46. The quantitative estimate of drug-likeness (QED) is 0.484. The van der Waals surface area contributed by atoms with Crippen molar-refractivity contribution in [3.8, 4) is 0 Å². The Hall–Kier alpha value is -2.22. The van der Waals surface area contributed by atoms with E-state index in [2.05, 4.69) is 21.5 Å². The number of rotatable bonds is 4. The molecule has 0 aliphatic heterocycles. The third-order valence-corrected chi connectivity index (χ3v) is 3.17. The van der Waals surface area contributed by atoms with Crippen molar-refractivity contribution in [2.24, 2.45) is 5.92 Å². The van der Waals surface area contributed by atoms with E-state index in [4.69, 9.17) is 12.2 Å². The van der Waals surface area contributed by atoms with Gasteiger partial charge in [-0.05, 0) is 42.4 Å². The Labute approximate surface area is 133 Å². The average Bonchev–Trinajstić information content (AvgIpc) is 2.49. The summed E-state index contributed by atoms with van der Waals surface area (Å²) in [6, 6.07) is 4.33. The number of carbonyl (C=O) groups is 2. The molecule has 4 N–H and O–H groups in total. The van der Waals surface area contributed by atoms with Crippen LogP contribution in [-0.4, -0.2) is 30.0 Å². The Bertz CT molecular complexity index is 548. The molecular formula is C14H19FN4O2S. The summed E-state index contributed by atoms with van der Waals surface area (Å²) < 4.78 is 12.9. The van der Waals surface area contributed by atoms with Gasteiger partial charge in [-0.1, -0.05) is 13.8 Å². The van der Waals surface area contributed by atoms with Gasteiger partial charge < -0.3 is 10.6 Å². The van der Waals surface area contributed by atoms with E-state index in [-0.39, 0.29) is 16.6 Å². The molecule has 1 rings (SSSR count). The molecule has 0 bridgehead atoms. The highest BCUT2D eigenvalue weighted by Gasteiger charge is 2.24. The Morgan fingerprint density at radius 2 is 1.73 bits per heavy atom. The second-order valence-corrected chi connectivity index (χ2v) is 5.30. The fourth-order valence-electron chi connectivity index (χ4n) is 1.62. The summed E-state index contributed by atoms with van der Waals surface area (Å²) in [6.07, 6.45) is 0. The number of carbonyl (C=O) groups excluding carboxylic acids is 2. The first kappa shape index (κ1) is 17.8. The maximum Gasteiger partial charge on any atom is 0.261 e. The van der Waals surface area contributed by atoms with Crippen molar-refractivity contribution in [3.05, 3.63) is 35.6 Å². The summed E-state index contributed by atoms with van der Waals surface area (Å²) in [7, 11) is 1.61. The van der Waals surface area contributed by atoms with Crippen LogP contribution in [0.3, 0.4) is 0 Å². The second kappa shape index (κ2) is 8.28. The van der Waals surface area contributed by atoms with Crippen molar-refractivity contribution in [1.82, 2.24) is 21.5 Å². The van der Waals surface area contributed by atoms with Gasteiger partial charge in [-0.15, -0.1) is 0 Å². The van der Waals surface area contributed by atoms with E-state index in [1.165, 1.54) is 24.3 Å². The second-order valence-electron chi connectivity index (χ2n) is 4.90. The van der Waals surface area contributed by atoms with Crippen molar-refractivity contribution in [3.63, 3.8) is 0 Å². The van der Waals surface area contributed by atoms with E-state index in [0.717, 1.165) is 0 Å². The highest BCUT2D eigenvalue weighted by molar-refractivity contribution is 7.80. The number of nitrogens with one attached hydrogen (secondary N) is 4. The van der Waals surface area contributed by atoms with Crippen molar-refractivity contribution >= 4 is 29.1 Å². The molecule has 1 aromatic carbocycles. The van der Waals surface area contributed by atoms with Gasteiger partial charge in [0.1, 0.15) is 11.9 Å². The van der Waals surface area contributed by atoms with Crippen LogP contribution in [0.15, 0.2) is 24.3 Å². The lowest BCUT2D eigenvalue weighted by Crippen LogP contribution is -2.55. The van der Waals surface area contributed by atoms with Crippen molar-refractivity contribution < 1.29 is 14.0 Å². The van der Waals surface area contributed by atoms with E-state index in [1.54, 1.807) is 20.9 Å². The third kappa shape index (κ3) is 5.28. The molecule has 0 saturated heterocycles. The van der Waals surface area contributed by atoms with Gasteiger partial charge in [-0.2, -0.15) is 0 Å². The van der Waals surface area contributed by atoms with Crippen molar-refractivity contribution in [2.45, 2.75) is 19.9 Å². The Kier molecular flexibility index (Phi) is 6.71. The predicted molar refractivity (Wildman–Crippen MR) is 85.4 cm³/mol. The zero-order chi connectivity index (χ0) is 16.7. The number of benzene rings is 1. The molecule has 0 unspecified atom stereocenters. The normalized spacial score (nSPS) is 11.5. The number of amides is 2. The van der Waals surface area contributed by atoms with Crippen LogP contribution in [0.5, 0.6) is 0 Å². The SMILES string of the molecule is CNC(=S)NNC(=O)[C@@H](NC(=O)c1ccc(F)cc1)C(C)C. The van der Waals surface area contributed by atoms with Crippen LogP contribution in [-0.2, 0) is 4.79 Å². The van der Waals surface area contributed by atoms with Crippen LogP contribution in [0.25, 0.3) is 0 Å². The number of thiocarbonyl (C=S) groups is 1. The van der Waals surface area contributed by atoms with Gasteiger partial charge in [0, 0.05) is 12.6 Å². The van der Waals surface area contributed by atoms with Gasteiger partial charge >= 0.3 is 0 Å². The van der Waals surface area contributed by atoms with Gasteiger partial charge in [-0.25, -0.2) is 4.39 Å². The monoisotopic (exact) mass is 326 g/mol. The molecule has 0 aliphatic carbocycles. The van der Waals surface area contributed by atoms with Crippen LogP contribution >= 0.6 is 12.2 Å². The minimum atomic E-state index is -0.760. The smallest absolute Gasteiger partial charge is 0.261 e. The molecule has 6 nitrogen and oxygen atoms in total. The zero-order valence-corrected chi connectivity index (χ0v) is 13.4. The minimum absolute atomic E-state index is 0.144. The van der Waals surface area contributed by atoms with Gasteiger partial charge in [0.15, 0.2) is 5.11 Å². The molecule has 2 amide bonds. The first-order valence-electron chi connectivity index (χ1n) is 6.69. The van der Waals surface area contributed by atoms with Crippen molar-refractivity contribution in [2.75, 3.05) is 7.05 Å². The van der Waals surface area contributed by atoms with E-state index >= 15 is 0 Å². The largest absolute Gasteiger partial charge is 0.364 e. The lowest BCUT2D eigenvalue weighted by atomic mass is 10.0. The fourth-order valence-corrected chi connectivity index (χ4v) is 1.67. The van der Waals surface area contributed by atoms with Crippen LogP contribution in [0.2, 0.25) is 0 Å². The Morgan fingerprint density at radius 1 is 1.14 bits per heavy atom. The van der Waals surface area contributed by atoms with E-state index in [9.17, 15) is 14.0 Å². The molecule has 0 fully saturated rings. The van der Waals surface area contributed by atoms with E-state index in [0.29, 0.717) is 0 Å². The van der Waals surface area contributed by atoms with Crippen LogP contribution in [0, 0.1) is 11.7 Å². The van der Waals surface area contributed by atoms with Gasteiger partial charge in [-0.3, -0.25) is 20.4 Å². The van der Waals surface area contributed by atoms with Crippen molar-refractivity contribution in [1.29, 1.82) is 0 Å². The van der Waals surface area contributed by atoms with Crippen LogP contribution < -0.4 is 21.5 Å². The van der Waals surface area contributed by atoms with Crippen LogP contribution in [0.4, 0.5) is 4.39 Å². The Morgan fingerprint density at radius 3 is 2.23 bits per heavy atom. The zero-order valence-electron chi connectivity index (χ0n) is 12.6. The lowest BCUT2D eigenvalue weighted by Gasteiger charge is -2.22. The first-order chi connectivity index (χ1) is 10.3. The summed E-state index contributed by atoms with van der Waals surface area (Å²) in [5, 5.41) is 5.51. The lowest BCUT2D eigenvalue weighted by molar-refractivity contribution is -0.124. The Balaban J connectivity index is 2.71. The molecule has 0 spiro atoms. The maximum atomic E-state index is 12.9. The first-order valence-corrected chi connectivity index (χ1v) is 7.10. The molecule has 0 saturated carbocycles. The number of hydrazine groups is 1. The van der Waals surface area contributed by atoms with Gasteiger partial charge in [0.25, 0.3) is 11.8 Å². The summed E-state index contributed by atoms with van der Waals surface area (Å²) in [6.45, 7) is 3.59. The molecule has 120 valence electrons. The molecule has 0 aliphatic rings. The number of hydrogen-bond acceptors (Lipinski definition) is 3. The maximum absolute atomic E-state index is 12.9. The third-order valence-electron chi connectivity index (χ3n) is 2.87. The molecule has 1 aromatic rings. The molecule has 1 atom stereocenters. The summed E-state index contributed by atoms with van der Waals surface area (Å²) >= 11 is 4.84. The highest BCUT2D eigenvalue weighted by atomic mass is 32.1. The van der Waals surface area contributed by atoms with E-state index < -0.39 is 23.7 Å². The predicted octanol–water partition coefficient (Wildman–Crippen LogP) is 0.705. The topological polar surface area (TPSA) is 82.3 Å². The molecule has 0 radical (unpaired) electrons. The number of halogens is 1. The molecule has 0 heterocycles. The minimum Gasteiger partial charge on any atom is -0.364 e. The summed E-state index contributed by atoms with van der Waals surface area (Å²) in [4.78, 5) is 24.2. The molecule has 8 heteroatoms. The standard InChI is InChI=1S/C14H19FN4O2S/c1-8(2)11(13(21)18-19-14(22)16-3)17-12(20)9-4-6-10(15)7-5-9/h4-8,11H,1-3H3,(H,17,20)(H,18,21)(H2,16,19,22)/t11-/m0/s1. The molecular weight excluding hydrogens is 307 g/mol. The summed E-state index contributed by atoms with van der Waals surface area (Å²) in [5.41, 5.74) is 5.20. The van der Waals surface area contributed by atoms with E-state index in [1.807, 2.05) is 0 Å². The molecule has 22 heavy (non-hydrogen) atoms. The van der Waals surface area contributed by atoms with Crippen LogP contribution in [0.1, 0.15) is 24.2 Å². The fraction of sp³-hybridized carbons (Fsp3) is 0.357. The average molecular weight is 326 g/mol. The van der Waals surface area contributed by atoms with Gasteiger partial charge in [0.05, 0.1) is 0 Å². The molecule has 0 aromatic heterocycles. The van der Waals surface area contributed by atoms with Gasteiger partial charge in [0.2, 0.25) is 0 Å².